The quantitative estimate of drug-likeness (QED) is 0.543. The molecule has 0 saturated heterocycles. The van der Waals surface area contributed by atoms with Crippen LogP contribution in [0.5, 0.6) is 11.5 Å². The number of phenols is 1. The number of aromatic hydroxyl groups is 1. The predicted octanol–water partition coefficient (Wildman–Crippen LogP) is 5.71. The highest BCUT2D eigenvalue weighted by atomic mass is 35.5. The lowest BCUT2D eigenvalue weighted by Gasteiger charge is -2.28. The first-order valence-electron chi connectivity index (χ1n) is 10.2. The zero-order chi connectivity index (χ0) is 22.6. The van der Waals surface area contributed by atoms with E-state index in [4.69, 9.17) is 20.8 Å². The molecule has 1 aromatic heterocycles. The highest BCUT2D eigenvalue weighted by molar-refractivity contribution is 6.33. The van der Waals surface area contributed by atoms with E-state index >= 15 is 0 Å². The third kappa shape index (κ3) is 4.08. The molecule has 6 heteroatoms. The lowest BCUT2D eigenvalue weighted by Crippen LogP contribution is -2.27. The molecule has 0 amide bonds. The van der Waals surface area contributed by atoms with Gasteiger partial charge in [-0.3, -0.25) is 4.79 Å². The summed E-state index contributed by atoms with van der Waals surface area (Å²) in [7, 11) is 0. The Kier molecular flexibility index (Phi) is 5.15. The molecule has 31 heavy (non-hydrogen) atoms. The molecule has 0 radical (unpaired) electrons. The Balaban J connectivity index is 2.06. The van der Waals surface area contributed by atoms with Crippen LogP contribution < -0.4 is 10.2 Å². The molecular weight excluding hydrogens is 416 g/mol. The van der Waals surface area contributed by atoms with Gasteiger partial charge in [-0.05, 0) is 64.8 Å². The standard InChI is InChI=1S/C25H25ClO5/c1-24(2,29)11-9-16-21(28)20-18(27)13-19-15(10-12-25(3,4)31-19)23(20)30-22(16)14-7-5-6-8-17(14)26/h5-8,10,12-13,27,29H,9,11H2,1-4H3. The van der Waals surface area contributed by atoms with Crippen LogP contribution in [0.2, 0.25) is 5.02 Å². The summed E-state index contributed by atoms with van der Waals surface area (Å²) in [4.78, 5) is 13.6. The van der Waals surface area contributed by atoms with Crippen molar-refractivity contribution < 1.29 is 19.4 Å². The third-order valence-electron chi connectivity index (χ3n) is 5.37. The van der Waals surface area contributed by atoms with Gasteiger partial charge in [-0.25, -0.2) is 0 Å². The Hall–Kier alpha value is -2.76. The van der Waals surface area contributed by atoms with Gasteiger partial charge in [-0.1, -0.05) is 23.7 Å². The second kappa shape index (κ2) is 7.43. The minimum absolute atomic E-state index is 0.0910. The Labute approximate surface area is 185 Å². The van der Waals surface area contributed by atoms with Crippen LogP contribution in [-0.4, -0.2) is 21.4 Å². The van der Waals surface area contributed by atoms with Crippen LogP contribution in [0, 0.1) is 0 Å². The first kappa shape index (κ1) is 21.5. The van der Waals surface area contributed by atoms with Crippen molar-refractivity contribution in [1.29, 1.82) is 0 Å². The summed E-state index contributed by atoms with van der Waals surface area (Å²) in [5.74, 6) is 0.567. The lowest BCUT2D eigenvalue weighted by molar-refractivity contribution is 0.0713. The van der Waals surface area contributed by atoms with Gasteiger partial charge in [0.25, 0.3) is 0 Å². The minimum atomic E-state index is -0.973. The van der Waals surface area contributed by atoms with E-state index in [9.17, 15) is 15.0 Å². The lowest BCUT2D eigenvalue weighted by atomic mass is 9.94. The molecular formula is C25H25ClO5. The number of ether oxygens (including phenoxy) is 1. The number of rotatable bonds is 4. The van der Waals surface area contributed by atoms with Gasteiger partial charge in [0.05, 0.1) is 16.2 Å². The van der Waals surface area contributed by atoms with Crippen LogP contribution >= 0.6 is 11.6 Å². The van der Waals surface area contributed by atoms with Gasteiger partial charge in [0, 0.05) is 17.2 Å². The first-order valence-corrected chi connectivity index (χ1v) is 10.6. The summed E-state index contributed by atoms with van der Waals surface area (Å²) >= 11 is 6.44. The number of phenolic OH excluding ortho intramolecular Hbond substituents is 1. The molecule has 1 aliphatic rings. The Bertz CT molecular complexity index is 1260. The van der Waals surface area contributed by atoms with Crippen molar-refractivity contribution in [3.63, 3.8) is 0 Å². The van der Waals surface area contributed by atoms with Crippen LogP contribution in [-0.2, 0) is 6.42 Å². The Morgan fingerprint density at radius 2 is 1.90 bits per heavy atom. The molecule has 4 rings (SSSR count). The van der Waals surface area contributed by atoms with E-state index in [1.165, 1.54) is 6.07 Å². The second-order valence-electron chi connectivity index (χ2n) is 9.08. The van der Waals surface area contributed by atoms with Crippen molar-refractivity contribution in [2.75, 3.05) is 0 Å². The summed E-state index contributed by atoms with van der Waals surface area (Å²) < 4.78 is 12.3. The number of halogens is 1. The van der Waals surface area contributed by atoms with Gasteiger partial charge in [0.2, 0.25) is 0 Å². The molecule has 0 spiro atoms. The topological polar surface area (TPSA) is 79.9 Å². The second-order valence-corrected chi connectivity index (χ2v) is 9.49. The molecule has 5 nitrogen and oxygen atoms in total. The van der Waals surface area contributed by atoms with E-state index in [0.717, 1.165) is 0 Å². The van der Waals surface area contributed by atoms with E-state index in [-0.39, 0.29) is 28.6 Å². The van der Waals surface area contributed by atoms with Gasteiger partial charge < -0.3 is 19.4 Å². The van der Waals surface area contributed by atoms with Crippen LogP contribution in [0.15, 0.2) is 45.6 Å². The summed E-state index contributed by atoms with van der Waals surface area (Å²) in [5.41, 5.74) is -0.101. The zero-order valence-corrected chi connectivity index (χ0v) is 18.7. The van der Waals surface area contributed by atoms with Crippen molar-refractivity contribution in [3.8, 4) is 22.8 Å². The van der Waals surface area contributed by atoms with E-state index in [1.54, 1.807) is 32.0 Å². The third-order valence-corrected chi connectivity index (χ3v) is 5.70. The molecule has 2 N–H and O–H groups in total. The fraction of sp³-hybridized carbons (Fsp3) is 0.320. The Morgan fingerprint density at radius 1 is 1.19 bits per heavy atom. The van der Waals surface area contributed by atoms with Gasteiger partial charge in [-0.15, -0.1) is 0 Å². The van der Waals surface area contributed by atoms with Crippen molar-refractivity contribution >= 4 is 28.6 Å². The van der Waals surface area contributed by atoms with E-state index in [0.29, 0.717) is 39.6 Å². The monoisotopic (exact) mass is 440 g/mol. The first-order chi connectivity index (χ1) is 14.5. The SMILES string of the molecule is CC(C)(O)CCc1c(-c2ccccc2Cl)oc2c3c(cc(O)c2c1=O)OC(C)(C)C=C3. The van der Waals surface area contributed by atoms with Crippen LogP contribution in [0.3, 0.4) is 0 Å². The van der Waals surface area contributed by atoms with Crippen molar-refractivity contribution in [1.82, 2.24) is 0 Å². The maximum absolute atomic E-state index is 13.6. The summed E-state index contributed by atoms with van der Waals surface area (Å²) in [6.45, 7) is 7.17. The molecule has 0 aliphatic carbocycles. The fourth-order valence-electron chi connectivity index (χ4n) is 3.74. The predicted molar refractivity (Wildman–Crippen MR) is 123 cm³/mol. The number of benzene rings is 2. The largest absolute Gasteiger partial charge is 0.507 e. The maximum atomic E-state index is 13.6. The molecule has 0 fully saturated rings. The molecule has 0 bridgehead atoms. The highest BCUT2D eigenvalue weighted by Gasteiger charge is 2.29. The van der Waals surface area contributed by atoms with Gasteiger partial charge >= 0.3 is 0 Å². The van der Waals surface area contributed by atoms with E-state index < -0.39 is 11.2 Å². The van der Waals surface area contributed by atoms with Crippen molar-refractivity contribution in [3.05, 3.63) is 62.8 Å². The summed E-state index contributed by atoms with van der Waals surface area (Å²) in [6.07, 6.45) is 4.32. The normalized spacial score (nSPS) is 15.0. The minimum Gasteiger partial charge on any atom is -0.507 e. The average Bonchev–Trinajstić information content (AvgIpc) is 2.65. The molecule has 162 valence electrons. The number of fused-ring (bicyclic) bond motifs is 3. The van der Waals surface area contributed by atoms with Gasteiger partial charge in [0.15, 0.2) is 11.0 Å². The molecule has 2 aromatic carbocycles. The molecule has 0 atom stereocenters. The van der Waals surface area contributed by atoms with E-state index in [2.05, 4.69) is 0 Å². The molecule has 2 heterocycles. The van der Waals surface area contributed by atoms with Crippen LogP contribution in [0.25, 0.3) is 28.4 Å². The molecule has 3 aromatic rings. The number of aliphatic hydroxyl groups is 1. The van der Waals surface area contributed by atoms with Crippen molar-refractivity contribution in [2.45, 2.75) is 51.7 Å². The number of hydrogen-bond acceptors (Lipinski definition) is 5. The molecule has 1 aliphatic heterocycles. The average molecular weight is 441 g/mol. The number of hydrogen-bond donors (Lipinski definition) is 2. The fourth-order valence-corrected chi connectivity index (χ4v) is 3.97. The molecule has 0 saturated carbocycles. The van der Waals surface area contributed by atoms with Gasteiger partial charge in [-0.2, -0.15) is 0 Å². The summed E-state index contributed by atoms with van der Waals surface area (Å²) in [6, 6.07) is 8.58. The smallest absolute Gasteiger partial charge is 0.200 e. The zero-order valence-electron chi connectivity index (χ0n) is 18.0. The highest BCUT2D eigenvalue weighted by Crippen LogP contribution is 2.42. The summed E-state index contributed by atoms with van der Waals surface area (Å²) in [5, 5.41) is 21.5. The van der Waals surface area contributed by atoms with Crippen LogP contribution in [0.1, 0.15) is 45.2 Å². The maximum Gasteiger partial charge on any atom is 0.200 e. The Morgan fingerprint density at radius 3 is 2.58 bits per heavy atom. The van der Waals surface area contributed by atoms with Gasteiger partial charge in [0.1, 0.15) is 28.2 Å². The van der Waals surface area contributed by atoms with Crippen molar-refractivity contribution in [2.24, 2.45) is 0 Å². The van der Waals surface area contributed by atoms with Crippen LogP contribution in [0.4, 0.5) is 0 Å². The molecule has 0 unspecified atom stereocenters. The van der Waals surface area contributed by atoms with E-state index in [1.807, 2.05) is 32.1 Å².